The molecule has 1 aliphatic rings. The number of likely N-dealkylation sites (tertiary alicyclic amines) is 1. The van der Waals surface area contributed by atoms with E-state index in [0.717, 1.165) is 37.6 Å². The van der Waals surface area contributed by atoms with E-state index in [4.69, 9.17) is 20.6 Å². The van der Waals surface area contributed by atoms with Gasteiger partial charge in [0.1, 0.15) is 11.5 Å². The standard InChI is InChI=1S/C24H27F2N5O2/c1-33-23-19(9-17(25)10-22(23)26)21-14-30-24-20(21)8-15(12-29-24)16(11-27)13-28-18-2-4-31(5-3-18)6-7-32/h8-14,18,32H,2-7,27H2,1H3,(H,29,30). The first-order chi connectivity index (χ1) is 16.0. The summed E-state index contributed by atoms with van der Waals surface area (Å²) in [5.41, 5.74) is 8.77. The fraction of sp³-hybridized carbons (Fsp3) is 0.333. The number of piperidine rings is 1. The average molecular weight is 456 g/mol. The highest BCUT2D eigenvalue weighted by Gasteiger charge is 2.19. The van der Waals surface area contributed by atoms with E-state index < -0.39 is 11.6 Å². The quantitative estimate of drug-likeness (QED) is 0.475. The van der Waals surface area contributed by atoms with Gasteiger partial charge >= 0.3 is 0 Å². The number of benzene rings is 1. The van der Waals surface area contributed by atoms with Gasteiger partial charge in [0.05, 0.1) is 19.8 Å². The summed E-state index contributed by atoms with van der Waals surface area (Å²) in [7, 11) is 1.35. The van der Waals surface area contributed by atoms with E-state index >= 15 is 0 Å². The zero-order valence-corrected chi connectivity index (χ0v) is 18.4. The van der Waals surface area contributed by atoms with Gasteiger partial charge in [-0.05, 0) is 25.0 Å². The number of nitrogens with zero attached hydrogens (tertiary/aromatic N) is 3. The van der Waals surface area contributed by atoms with Crippen LogP contribution in [0, 0.1) is 11.6 Å². The number of hydrogen-bond acceptors (Lipinski definition) is 6. The Morgan fingerprint density at radius 1 is 1.30 bits per heavy atom. The number of aliphatic hydroxyl groups is 1. The molecule has 9 heteroatoms. The van der Waals surface area contributed by atoms with Crippen LogP contribution in [-0.4, -0.2) is 65.6 Å². The molecule has 4 N–H and O–H groups in total. The van der Waals surface area contributed by atoms with Gasteiger partial charge in [-0.25, -0.2) is 13.8 Å². The van der Waals surface area contributed by atoms with Crippen LogP contribution < -0.4 is 10.5 Å². The molecular formula is C24H27F2N5O2. The third-order valence-corrected chi connectivity index (χ3v) is 5.94. The molecular weight excluding hydrogens is 428 g/mol. The van der Waals surface area contributed by atoms with Crippen LogP contribution in [0.25, 0.3) is 27.7 Å². The van der Waals surface area contributed by atoms with Crippen molar-refractivity contribution in [1.82, 2.24) is 14.9 Å². The van der Waals surface area contributed by atoms with Gasteiger partial charge in [0.15, 0.2) is 11.6 Å². The molecule has 3 aromatic rings. The Bertz CT molecular complexity index is 1180. The number of fused-ring (bicyclic) bond motifs is 1. The molecule has 1 aliphatic heterocycles. The fourth-order valence-corrected chi connectivity index (χ4v) is 4.18. The highest BCUT2D eigenvalue weighted by atomic mass is 19.1. The van der Waals surface area contributed by atoms with Crippen molar-refractivity contribution in [2.45, 2.75) is 18.9 Å². The van der Waals surface area contributed by atoms with Crippen molar-refractivity contribution in [2.75, 3.05) is 33.4 Å². The minimum absolute atomic E-state index is 0.0357. The number of halogens is 2. The van der Waals surface area contributed by atoms with Crippen LogP contribution in [0.5, 0.6) is 5.75 Å². The Kier molecular flexibility index (Phi) is 7.00. The fourth-order valence-electron chi connectivity index (χ4n) is 4.18. The Labute approximate surface area is 190 Å². The van der Waals surface area contributed by atoms with E-state index in [2.05, 4.69) is 14.9 Å². The lowest BCUT2D eigenvalue weighted by atomic mass is 10.0. The largest absolute Gasteiger partial charge is 0.493 e. The zero-order valence-electron chi connectivity index (χ0n) is 18.4. The van der Waals surface area contributed by atoms with Crippen LogP contribution in [0.1, 0.15) is 18.4 Å². The van der Waals surface area contributed by atoms with Crippen molar-refractivity contribution < 1.29 is 18.6 Å². The average Bonchev–Trinajstić information content (AvgIpc) is 3.23. The highest BCUT2D eigenvalue weighted by Crippen LogP contribution is 2.37. The Morgan fingerprint density at radius 3 is 2.79 bits per heavy atom. The lowest BCUT2D eigenvalue weighted by Gasteiger charge is -2.29. The summed E-state index contributed by atoms with van der Waals surface area (Å²) in [6.07, 6.45) is 8.39. The number of aromatic amines is 1. The first-order valence-electron chi connectivity index (χ1n) is 10.8. The second kappa shape index (κ2) is 10.1. The van der Waals surface area contributed by atoms with E-state index in [0.29, 0.717) is 34.3 Å². The van der Waals surface area contributed by atoms with Crippen LogP contribution in [0.3, 0.4) is 0 Å². The van der Waals surface area contributed by atoms with Gasteiger partial charge in [-0.1, -0.05) is 0 Å². The van der Waals surface area contributed by atoms with Crippen LogP contribution in [0.15, 0.2) is 41.8 Å². The molecule has 4 rings (SSSR count). The second-order valence-corrected chi connectivity index (χ2v) is 7.99. The maximum Gasteiger partial charge on any atom is 0.168 e. The van der Waals surface area contributed by atoms with Crippen molar-refractivity contribution in [2.24, 2.45) is 10.7 Å². The minimum atomic E-state index is -0.773. The molecule has 0 unspecified atom stereocenters. The number of H-pyrrole nitrogens is 1. The van der Waals surface area contributed by atoms with E-state index in [-0.39, 0.29) is 18.4 Å². The summed E-state index contributed by atoms with van der Waals surface area (Å²) < 4.78 is 33.4. The number of β-amino-alcohol motifs (C(OH)–C–C–N with tert-alkyl or cyclic N) is 1. The molecule has 1 saturated heterocycles. The Morgan fingerprint density at radius 2 is 2.09 bits per heavy atom. The number of aliphatic imine (C=N–C) groups is 1. The summed E-state index contributed by atoms with van der Waals surface area (Å²) in [5.74, 6) is -1.50. The predicted molar refractivity (Wildman–Crippen MR) is 125 cm³/mol. The molecule has 0 saturated carbocycles. The van der Waals surface area contributed by atoms with E-state index in [1.807, 2.05) is 6.07 Å². The van der Waals surface area contributed by atoms with Gasteiger partial charge in [-0.15, -0.1) is 0 Å². The van der Waals surface area contributed by atoms with Crippen molar-refractivity contribution >= 4 is 22.8 Å². The molecule has 0 amide bonds. The van der Waals surface area contributed by atoms with E-state index in [1.165, 1.54) is 19.4 Å². The van der Waals surface area contributed by atoms with Crippen LogP contribution >= 0.6 is 0 Å². The number of pyridine rings is 1. The molecule has 1 fully saturated rings. The summed E-state index contributed by atoms with van der Waals surface area (Å²) in [5, 5.41) is 9.76. The molecule has 1 aromatic carbocycles. The number of ether oxygens (including phenoxy) is 1. The van der Waals surface area contributed by atoms with E-state index in [9.17, 15) is 8.78 Å². The molecule has 0 aliphatic carbocycles. The summed E-state index contributed by atoms with van der Waals surface area (Å²) >= 11 is 0. The molecule has 0 spiro atoms. The molecule has 2 aromatic heterocycles. The van der Waals surface area contributed by atoms with Crippen molar-refractivity contribution in [3.05, 3.63) is 54.0 Å². The first-order valence-corrected chi connectivity index (χ1v) is 10.8. The molecule has 3 heterocycles. The first kappa shape index (κ1) is 22.9. The number of aliphatic hydroxyl groups excluding tert-OH is 1. The second-order valence-electron chi connectivity index (χ2n) is 7.99. The van der Waals surface area contributed by atoms with Gasteiger partial charge in [0, 0.05) is 78.2 Å². The maximum absolute atomic E-state index is 14.3. The molecule has 7 nitrogen and oxygen atoms in total. The number of nitrogens with two attached hydrogens (primary N) is 1. The normalized spacial score (nSPS) is 16.2. The lowest BCUT2D eigenvalue weighted by Crippen LogP contribution is -2.37. The van der Waals surface area contributed by atoms with Gasteiger partial charge in [-0.3, -0.25) is 4.99 Å². The summed E-state index contributed by atoms with van der Waals surface area (Å²) in [4.78, 5) is 14.4. The van der Waals surface area contributed by atoms with Gasteiger partial charge in [0.25, 0.3) is 0 Å². The van der Waals surface area contributed by atoms with Crippen LogP contribution in [-0.2, 0) is 0 Å². The Balaban J connectivity index is 1.62. The van der Waals surface area contributed by atoms with Crippen molar-refractivity contribution in [1.29, 1.82) is 0 Å². The van der Waals surface area contributed by atoms with Gasteiger partial charge in [-0.2, -0.15) is 0 Å². The molecule has 0 radical (unpaired) electrons. The molecule has 0 bridgehead atoms. The Hall–Kier alpha value is -3.30. The number of methoxy groups -OCH3 is 1. The smallest absolute Gasteiger partial charge is 0.168 e. The van der Waals surface area contributed by atoms with Crippen LogP contribution in [0.4, 0.5) is 8.78 Å². The predicted octanol–water partition coefficient (Wildman–Crippen LogP) is 3.34. The molecule has 174 valence electrons. The highest BCUT2D eigenvalue weighted by molar-refractivity contribution is 6.11. The third kappa shape index (κ3) is 4.89. The number of allylic oxidation sites excluding steroid dienone is 1. The van der Waals surface area contributed by atoms with Crippen LogP contribution in [0.2, 0.25) is 0 Å². The SMILES string of the molecule is COc1c(F)cc(F)cc1-c1c[nH]c2ncc(C(C=NC3CCN(CCO)CC3)=CN)cc12. The third-order valence-electron chi connectivity index (χ3n) is 5.94. The van der Waals surface area contributed by atoms with Crippen molar-refractivity contribution in [3.63, 3.8) is 0 Å². The number of rotatable bonds is 7. The van der Waals surface area contributed by atoms with E-state index in [1.54, 1.807) is 18.6 Å². The summed E-state index contributed by atoms with van der Waals surface area (Å²) in [6.45, 7) is 2.65. The molecule has 33 heavy (non-hydrogen) atoms. The van der Waals surface area contributed by atoms with Crippen molar-refractivity contribution in [3.8, 4) is 16.9 Å². The van der Waals surface area contributed by atoms with Gasteiger partial charge in [0.2, 0.25) is 0 Å². The zero-order chi connectivity index (χ0) is 23.4. The number of nitrogens with one attached hydrogen (secondary N) is 1. The minimum Gasteiger partial charge on any atom is -0.493 e. The number of aromatic nitrogens is 2. The maximum atomic E-state index is 14.3. The topological polar surface area (TPSA) is 99.8 Å². The summed E-state index contributed by atoms with van der Waals surface area (Å²) in [6, 6.07) is 4.09. The lowest BCUT2D eigenvalue weighted by molar-refractivity contribution is 0.165. The number of hydrogen-bond donors (Lipinski definition) is 3. The van der Waals surface area contributed by atoms with Gasteiger partial charge < -0.3 is 25.5 Å². The molecule has 0 atom stereocenters. The monoisotopic (exact) mass is 455 g/mol.